The number of amides is 1. The Morgan fingerprint density at radius 2 is 1.93 bits per heavy atom. The first-order valence-electron chi connectivity index (χ1n) is 8.25. The van der Waals surface area contributed by atoms with E-state index in [9.17, 15) is 23.1 Å². The standard InChI is InChI=1S/C19H14F3N3O2/c20-10-4-5-15-14(8-10)23-19-11(16(26)6-7-25(15)19)9-17(27)24-18-12(21)2-1-3-13(18)22/h1-5,8,26H,6-7,9H2,(H,24,27). The predicted molar refractivity (Wildman–Crippen MR) is 93.5 cm³/mol. The maximum absolute atomic E-state index is 13.7. The molecule has 0 fully saturated rings. The van der Waals surface area contributed by atoms with Gasteiger partial charge in [0.2, 0.25) is 5.91 Å². The fourth-order valence-corrected chi connectivity index (χ4v) is 3.20. The molecule has 1 aromatic heterocycles. The van der Waals surface area contributed by atoms with Gasteiger partial charge in [-0.05, 0) is 24.3 Å². The smallest absolute Gasteiger partial charge is 0.229 e. The van der Waals surface area contributed by atoms with E-state index in [-0.39, 0.29) is 24.2 Å². The lowest BCUT2D eigenvalue weighted by Gasteiger charge is -2.19. The van der Waals surface area contributed by atoms with Crippen molar-refractivity contribution in [2.24, 2.45) is 0 Å². The monoisotopic (exact) mass is 373 g/mol. The van der Waals surface area contributed by atoms with Gasteiger partial charge in [0.25, 0.3) is 0 Å². The first kappa shape index (κ1) is 17.1. The van der Waals surface area contributed by atoms with Gasteiger partial charge in [0.15, 0.2) is 0 Å². The molecule has 1 amide bonds. The molecule has 0 aliphatic carbocycles. The number of benzene rings is 2. The molecule has 0 unspecified atom stereocenters. The summed E-state index contributed by atoms with van der Waals surface area (Å²) in [5.74, 6) is -2.63. The van der Waals surface area contributed by atoms with Crippen LogP contribution in [0.2, 0.25) is 0 Å². The lowest BCUT2D eigenvalue weighted by molar-refractivity contribution is -0.115. The third-order valence-corrected chi connectivity index (χ3v) is 4.47. The zero-order chi connectivity index (χ0) is 19.1. The number of aryl methyl sites for hydroxylation is 1. The van der Waals surface area contributed by atoms with E-state index in [2.05, 4.69) is 10.3 Å². The Hall–Kier alpha value is -3.29. The average molecular weight is 373 g/mol. The molecule has 0 saturated carbocycles. The topological polar surface area (TPSA) is 67.1 Å². The van der Waals surface area contributed by atoms with Crippen LogP contribution in [-0.2, 0) is 11.3 Å². The van der Waals surface area contributed by atoms with E-state index in [0.29, 0.717) is 23.4 Å². The molecule has 5 nitrogen and oxygen atoms in total. The van der Waals surface area contributed by atoms with Crippen LogP contribution in [0, 0.1) is 17.5 Å². The van der Waals surface area contributed by atoms with Crippen molar-refractivity contribution in [2.75, 3.05) is 5.32 Å². The summed E-state index contributed by atoms with van der Waals surface area (Å²) >= 11 is 0. The van der Waals surface area contributed by atoms with Crippen LogP contribution in [0.1, 0.15) is 18.7 Å². The lowest BCUT2D eigenvalue weighted by atomic mass is 10.0. The second-order valence-corrected chi connectivity index (χ2v) is 6.22. The summed E-state index contributed by atoms with van der Waals surface area (Å²) in [7, 11) is 0. The molecule has 27 heavy (non-hydrogen) atoms. The number of carbonyl (C=O) groups excluding carboxylic acids is 1. The summed E-state index contributed by atoms with van der Waals surface area (Å²) in [5.41, 5.74) is 0.774. The molecule has 0 spiro atoms. The number of anilines is 1. The summed E-state index contributed by atoms with van der Waals surface area (Å²) in [6, 6.07) is 7.41. The van der Waals surface area contributed by atoms with Crippen molar-refractivity contribution in [1.29, 1.82) is 0 Å². The second-order valence-electron chi connectivity index (χ2n) is 6.22. The fraction of sp³-hybridized carbons (Fsp3) is 0.158. The molecule has 0 atom stereocenters. The molecule has 3 aromatic rings. The lowest BCUT2D eigenvalue weighted by Crippen LogP contribution is -2.19. The molecule has 2 heterocycles. The SMILES string of the molecule is O=C(CC1=C(O)CCn2c1nc1cc(F)ccc12)Nc1c(F)cccc1F. The van der Waals surface area contributed by atoms with Crippen LogP contribution in [-0.4, -0.2) is 20.6 Å². The van der Waals surface area contributed by atoms with Crippen LogP contribution in [0.4, 0.5) is 18.9 Å². The number of aromatic nitrogens is 2. The van der Waals surface area contributed by atoms with E-state index in [4.69, 9.17) is 0 Å². The number of aliphatic hydroxyl groups is 1. The van der Waals surface area contributed by atoms with Crippen LogP contribution in [0.5, 0.6) is 0 Å². The molecule has 4 rings (SSSR count). The number of rotatable bonds is 3. The first-order chi connectivity index (χ1) is 12.9. The highest BCUT2D eigenvalue weighted by atomic mass is 19.1. The Morgan fingerprint density at radius 3 is 2.67 bits per heavy atom. The van der Waals surface area contributed by atoms with Gasteiger partial charge in [-0.2, -0.15) is 0 Å². The Balaban J connectivity index is 1.66. The second kappa shape index (κ2) is 6.46. The molecule has 0 saturated heterocycles. The van der Waals surface area contributed by atoms with Crippen LogP contribution in [0.15, 0.2) is 42.2 Å². The van der Waals surface area contributed by atoms with Gasteiger partial charge in [-0.25, -0.2) is 18.2 Å². The third-order valence-electron chi connectivity index (χ3n) is 4.47. The summed E-state index contributed by atoms with van der Waals surface area (Å²) in [6.07, 6.45) is -0.0576. The molecular weight excluding hydrogens is 359 g/mol. The molecule has 1 aliphatic heterocycles. The number of hydrogen-bond acceptors (Lipinski definition) is 3. The number of halogens is 3. The minimum absolute atomic E-state index is 0.0255. The quantitative estimate of drug-likeness (QED) is 0.725. The molecule has 8 heteroatoms. The zero-order valence-electron chi connectivity index (χ0n) is 14.0. The van der Waals surface area contributed by atoms with Crippen molar-refractivity contribution < 1.29 is 23.1 Å². The van der Waals surface area contributed by atoms with Crippen molar-refractivity contribution in [1.82, 2.24) is 9.55 Å². The number of aliphatic hydroxyl groups excluding tert-OH is 1. The van der Waals surface area contributed by atoms with E-state index < -0.39 is 29.0 Å². The van der Waals surface area contributed by atoms with Crippen molar-refractivity contribution >= 4 is 28.2 Å². The normalized spacial score (nSPS) is 13.7. The fourth-order valence-electron chi connectivity index (χ4n) is 3.20. The maximum atomic E-state index is 13.7. The number of nitrogens with zero attached hydrogens (tertiary/aromatic N) is 2. The number of carbonyl (C=O) groups is 1. The first-order valence-corrected chi connectivity index (χ1v) is 8.25. The molecular formula is C19H14F3N3O2. The van der Waals surface area contributed by atoms with Crippen LogP contribution < -0.4 is 5.32 Å². The van der Waals surface area contributed by atoms with Crippen LogP contribution >= 0.6 is 0 Å². The third kappa shape index (κ3) is 3.03. The highest BCUT2D eigenvalue weighted by Gasteiger charge is 2.25. The van der Waals surface area contributed by atoms with E-state index in [1.54, 1.807) is 10.6 Å². The molecule has 2 aromatic carbocycles. The van der Waals surface area contributed by atoms with E-state index >= 15 is 0 Å². The number of fused-ring (bicyclic) bond motifs is 3. The van der Waals surface area contributed by atoms with Crippen molar-refractivity contribution in [3.63, 3.8) is 0 Å². The highest BCUT2D eigenvalue weighted by Crippen LogP contribution is 2.32. The predicted octanol–water partition coefficient (Wildman–Crippen LogP) is 4.16. The summed E-state index contributed by atoms with van der Waals surface area (Å²) in [6.45, 7) is 0.427. The largest absolute Gasteiger partial charge is 0.512 e. The van der Waals surface area contributed by atoms with Crippen molar-refractivity contribution in [2.45, 2.75) is 19.4 Å². The Morgan fingerprint density at radius 1 is 1.19 bits per heavy atom. The van der Waals surface area contributed by atoms with E-state index in [1.807, 2.05) is 0 Å². The summed E-state index contributed by atoms with van der Waals surface area (Å²) in [4.78, 5) is 16.6. The Bertz CT molecular complexity index is 1080. The van der Waals surface area contributed by atoms with Gasteiger partial charge in [0.1, 0.15) is 34.7 Å². The molecule has 1 aliphatic rings. The number of imidazole rings is 1. The van der Waals surface area contributed by atoms with Gasteiger partial charge in [0, 0.05) is 24.6 Å². The average Bonchev–Trinajstić information content (AvgIpc) is 2.98. The highest BCUT2D eigenvalue weighted by molar-refractivity contribution is 5.98. The van der Waals surface area contributed by atoms with Crippen molar-refractivity contribution in [3.05, 3.63) is 65.4 Å². The molecule has 138 valence electrons. The van der Waals surface area contributed by atoms with Gasteiger partial charge in [-0.1, -0.05) is 6.07 Å². The minimum atomic E-state index is -0.895. The number of para-hydroxylation sites is 1. The Kier molecular flexibility index (Phi) is 4.10. The van der Waals surface area contributed by atoms with Crippen molar-refractivity contribution in [3.8, 4) is 0 Å². The molecule has 0 radical (unpaired) electrons. The summed E-state index contributed by atoms with van der Waals surface area (Å²) < 4.78 is 42.7. The van der Waals surface area contributed by atoms with E-state index in [0.717, 1.165) is 12.1 Å². The minimum Gasteiger partial charge on any atom is -0.512 e. The number of allylic oxidation sites excluding steroid dienone is 1. The van der Waals surface area contributed by atoms with Crippen LogP contribution in [0.25, 0.3) is 16.6 Å². The summed E-state index contributed by atoms with van der Waals surface area (Å²) in [5, 5.41) is 12.4. The number of hydrogen-bond donors (Lipinski definition) is 2. The van der Waals surface area contributed by atoms with Crippen LogP contribution in [0.3, 0.4) is 0 Å². The van der Waals surface area contributed by atoms with E-state index in [1.165, 1.54) is 18.2 Å². The molecule has 2 N–H and O–H groups in total. The zero-order valence-corrected chi connectivity index (χ0v) is 14.0. The Labute approximate surface area is 151 Å². The van der Waals surface area contributed by atoms with Gasteiger partial charge in [-0.15, -0.1) is 0 Å². The van der Waals surface area contributed by atoms with Gasteiger partial charge < -0.3 is 15.0 Å². The van der Waals surface area contributed by atoms with Gasteiger partial charge in [0.05, 0.1) is 17.5 Å². The van der Waals surface area contributed by atoms with Gasteiger partial charge in [-0.3, -0.25) is 4.79 Å². The maximum Gasteiger partial charge on any atom is 0.229 e. The number of nitrogens with one attached hydrogen (secondary N) is 1. The molecule has 0 bridgehead atoms. The van der Waals surface area contributed by atoms with Gasteiger partial charge >= 0.3 is 0 Å².